The quantitative estimate of drug-likeness (QED) is 0.577. The predicted octanol–water partition coefficient (Wildman–Crippen LogP) is 3.22. The average molecular weight is 393 g/mol. The van der Waals surface area contributed by atoms with Crippen molar-refractivity contribution < 1.29 is 19.1 Å². The van der Waals surface area contributed by atoms with Crippen LogP contribution in [0.2, 0.25) is 10.0 Å². The van der Waals surface area contributed by atoms with Crippen LogP contribution in [0.1, 0.15) is 15.9 Å². The number of carbonyl (C=O) groups excluding carboxylic acids is 2. The van der Waals surface area contributed by atoms with E-state index in [-0.39, 0.29) is 30.3 Å². The van der Waals surface area contributed by atoms with Gasteiger partial charge in [-0.1, -0.05) is 23.2 Å². The largest absolute Gasteiger partial charge is 0.490 e. The van der Waals surface area contributed by atoms with Crippen molar-refractivity contribution in [2.75, 3.05) is 19.8 Å². The van der Waals surface area contributed by atoms with Crippen molar-refractivity contribution in [2.45, 2.75) is 0 Å². The zero-order valence-corrected chi connectivity index (χ0v) is 15.0. The normalized spacial score (nSPS) is 9.88. The van der Waals surface area contributed by atoms with E-state index in [2.05, 4.69) is 5.32 Å². The molecule has 134 valence electrons. The maximum Gasteiger partial charge on any atom is 0.325 e. The number of benzene rings is 2. The fourth-order valence-corrected chi connectivity index (χ4v) is 2.18. The molecule has 0 bridgehead atoms. The molecule has 2 aromatic carbocycles. The SMILES string of the molecule is N#Cc1ccc(OCCOC(=O)CNC(=O)c2ccc(Cl)c(Cl)c2)cc1. The van der Waals surface area contributed by atoms with E-state index in [0.717, 1.165) is 0 Å². The molecule has 0 saturated heterocycles. The number of nitriles is 1. The standard InChI is InChI=1S/C18H14Cl2N2O4/c19-15-6-3-13(9-16(15)20)18(24)22-11-17(23)26-8-7-25-14-4-1-12(10-21)2-5-14/h1-6,9H,7-8,11H2,(H,22,24). The number of carbonyl (C=O) groups is 2. The van der Waals surface area contributed by atoms with Crippen LogP contribution in [0.5, 0.6) is 5.75 Å². The maximum atomic E-state index is 11.9. The highest BCUT2D eigenvalue weighted by Gasteiger charge is 2.10. The van der Waals surface area contributed by atoms with Gasteiger partial charge in [-0.05, 0) is 42.5 Å². The van der Waals surface area contributed by atoms with E-state index in [4.69, 9.17) is 37.9 Å². The highest BCUT2D eigenvalue weighted by Crippen LogP contribution is 2.22. The first-order valence-electron chi connectivity index (χ1n) is 7.51. The fourth-order valence-electron chi connectivity index (χ4n) is 1.88. The summed E-state index contributed by atoms with van der Waals surface area (Å²) in [6.07, 6.45) is 0. The molecule has 2 rings (SSSR count). The van der Waals surface area contributed by atoms with Crippen molar-refractivity contribution in [1.29, 1.82) is 5.26 Å². The summed E-state index contributed by atoms with van der Waals surface area (Å²) in [4.78, 5) is 23.5. The van der Waals surface area contributed by atoms with Crippen LogP contribution in [-0.2, 0) is 9.53 Å². The third-order valence-electron chi connectivity index (χ3n) is 3.17. The molecule has 0 saturated carbocycles. The number of rotatable bonds is 7. The van der Waals surface area contributed by atoms with Gasteiger partial charge in [-0.25, -0.2) is 0 Å². The van der Waals surface area contributed by atoms with E-state index in [1.165, 1.54) is 18.2 Å². The van der Waals surface area contributed by atoms with Crippen molar-refractivity contribution in [3.63, 3.8) is 0 Å². The van der Waals surface area contributed by atoms with Crippen molar-refractivity contribution in [3.05, 3.63) is 63.6 Å². The molecule has 1 N–H and O–H groups in total. The molecule has 0 aromatic heterocycles. The summed E-state index contributed by atoms with van der Waals surface area (Å²) >= 11 is 11.6. The molecule has 0 aliphatic rings. The summed E-state index contributed by atoms with van der Waals surface area (Å²) in [5.41, 5.74) is 0.817. The van der Waals surface area contributed by atoms with Crippen LogP contribution in [0.4, 0.5) is 0 Å². The van der Waals surface area contributed by atoms with Gasteiger partial charge >= 0.3 is 5.97 Å². The topological polar surface area (TPSA) is 88.4 Å². The molecule has 0 heterocycles. The lowest BCUT2D eigenvalue weighted by atomic mass is 10.2. The zero-order chi connectivity index (χ0) is 18.9. The second-order valence-electron chi connectivity index (χ2n) is 5.02. The summed E-state index contributed by atoms with van der Waals surface area (Å²) in [7, 11) is 0. The number of nitrogens with zero attached hydrogens (tertiary/aromatic N) is 1. The van der Waals surface area contributed by atoms with Crippen molar-refractivity contribution in [3.8, 4) is 11.8 Å². The lowest BCUT2D eigenvalue weighted by Crippen LogP contribution is -2.31. The Kier molecular flexibility index (Phi) is 7.27. The molecule has 0 fully saturated rings. The van der Waals surface area contributed by atoms with E-state index in [1.54, 1.807) is 24.3 Å². The molecule has 6 nitrogen and oxygen atoms in total. The summed E-state index contributed by atoms with van der Waals surface area (Å²) in [5, 5.41) is 11.7. The molecule has 1 amide bonds. The lowest BCUT2D eigenvalue weighted by Gasteiger charge is -2.08. The summed E-state index contributed by atoms with van der Waals surface area (Å²) in [5.74, 6) is -0.496. The van der Waals surface area contributed by atoms with Crippen LogP contribution in [0, 0.1) is 11.3 Å². The van der Waals surface area contributed by atoms with E-state index in [1.807, 2.05) is 6.07 Å². The molecule has 26 heavy (non-hydrogen) atoms. The van der Waals surface area contributed by atoms with Crippen LogP contribution < -0.4 is 10.1 Å². The van der Waals surface area contributed by atoms with E-state index >= 15 is 0 Å². The van der Waals surface area contributed by atoms with Crippen LogP contribution in [-0.4, -0.2) is 31.6 Å². The van der Waals surface area contributed by atoms with E-state index in [9.17, 15) is 9.59 Å². The minimum atomic E-state index is -0.596. The van der Waals surface area contributed by atoms with Gasteiger partial charge in [0.2, 0.25) is 0 Å². The zero-order valence-electron chi connectivity index (χ0n) is 13.5. The second-order valence-corrected chi connectivity index (χ2v) is 5.83. The van der Waals surface area contributed by atoms with Gasteiger partial charge in [0.05, 0.1) is 21.7 Å². The van der Waals surface area contributed by atoms with Crippen molar-refractivity contribution >= 4 is 35.1 Å². The van der Waals surface area contributed by atoms with Gasteiger partial charge in [-0.3, -0.25) is 9.59 Å². The van der Waals surface area contributed by atoms with Crippen molar-refractivity contribution in [2.24, 2.45) is 0 Å². The number of halogens is 2. The Morgan fingerprint density at radius 2 is 1.77 bits per heavy atom. The Balaban J connectivity index is 1.67. The molecular weight excluding hydrogens is 379 g/mol. The lowest BCUT2D eigenvalue weighted by molar-refractivity contribution is -0.143. The Hall–Kier alpha value is -2.75. The Morgan fingerprint density at radius 1 is 1.04 bits per heavy atom. The van der Waals surface area contributed by atoms with Gasteiger partial charge in [0, 0.05) is 5.56 Å². The molecule has 0 aliphatic carbocycles. The molecule has 2 aromatic rings. The molecule has 0 aliphatic heterocycles. The van der Waals surface area contributed by atoms with Crippen LogP contribution in [0.15, 0.2) is 42.5 Å². The number of hydrogen-bond acceptors (Lipinski definition) is 5. The average Bonchev–Trinajstić information content (AvgIpc) is 2.66. The Labute approximate surface area is 160 Å². The Morgan fingerprint density at radius 3 is 2.42 bits per heavy atom. The fraction of sp³-hybridized carbons (Fsp3) is 0.167. The van der Waals surface area contributed by atoms with Crippen LogP contribution >= 0.6 is 23.2 Å². The molecule has 8 heteroatoms. The van der Waals surface area contributed by atoms with Gasteiger partial charge in [-0.2, -0.15) is 5.26 Å². The first kappa shape index (κ1) is 19.6. The summed E-state index contributed by atoms with van der Waals surface area (Å²) in [6, 6.07) is 13.0. The van der Waals surface area contributed by atoms with Gasteiger partial charge in [-0.15, -0.1) is 0 Å². The van der Waals surface area contributed by atoms with Gasteiger partial charge < -0.3 is 14.8 Å². The van der Waals surface area contributed by atoms with E-state index in [0.29, 0.717) is 16.3 Å². The molecule has 0 atom stereocenters. The number of hydrogen-bond donors (Lipinski definition) is 1. The molecular formula is C18H14Cl2N2O4. The number of amides is 1. The third-order valence-corrected chi connectivity index (χ3v) is 3.91. The monoisotopic (exact) mass is 392 g/mol. The van der Waals surface area contributed by atoms with Crippen molar-refractivity contribution in [1.82, 2.24) is 5.32 Å². The van der Waals surface area contributed by atoms with Crippen LogP contribution in [0.3, 0.4) is 0 Å². The number of ether oxygens (including phenoxy) is 2. The molecule has 0 radical (unpaired) electrons. The predicted molar refractivity (Wildman–Crippen MR) is 96.4 cm³/mol. The second kappa shape index (κ2) is 9.66. The van der Waals surface area contributed by atoms with Crippen LogP contribution in [0.25, 0.3) is 0 Å². The maximum absolute atomic E-state index is 11.9. The van der Waals surface area contributed by atoms with Gasteiger partial charge in [0.15, 0.2) is 0 Å². The minimum Gasteiger partial charge on any atom is -0.490 e. The van der Waals surface area contributed by atoms with Gasteiger partial charge in [0.25, 0.3) is 5.91 Å². The molecule has 0 spiro atoms. The third kappa shape index (κ3) is 5.96. The summed E-state index contributed by atoms with van der Waals surface area (Å²) < 4.78 is 10.3. The smallest absolute Gasteiger partial charge is 0.325 e. The highest BCUT2D eigenvalue weighted by atomic mass is 35.5. The minimum absolute atomic E-state index is 0.0292. The first-order chi connectivity index (χ1) is 12.5. The number of esters is 1. The first-order valence-corrected chi connectivity index (χ1v) is 8.27. The van der Waals surface area contributed by atoms with Gasteiger partial charge in [0.1, 0.15) is 25.5 Å². The Bertz CT molecular complexity index is 832. The summed E-state index contributed by atoms with van der Waals surface area (Å²) in [6.45, 7) is -0.101. The highest BCUT2D eigenvalue weighted by molar-refractivity contribution is 6.42. The van der Waals surface area contributed by atoms with E-state index < -0.39 is 11.9 Å². The molecule has 0 unspecified atom stereocenters. The number of nitrogens with one attached hydrogen (secondary N) is 1.